The molecule has 1 aromatic heterocycles. The Morgan fingerprint density at radius 2 is 2.07 bits per heavy atom. The molecule has 2 atom stereocenters. The molecule has 3 rings (SSSR count). The maximum absolute atomic E-state index is 12.4. The first kappa shape index (κ1) is 19.9. The van der Waals surface area contributed by atoms with Crippen molar-refractivity contribution >= 4 is 27.5 Å². The molecule has 146 valence electrons. The molecule has 1 fully saturated rings. The molecule has 0 bridgehead atoms. The van der Waals surface area contributed by atoms with E-state index in [0.29, 0.717) is 24.5 Å². The molecule has 9 heteroatoms. The maximum Gasteiger partial charge on any atom is 0.233 e. The molecule has 27 heavy (non-hydrogen) atoms. The molecule has 0 radical (unpaired) electrons. The minimum atomic E-state index is -3.01. The van der Waals surface area contributed by atoms with E-state index in [2.05, 4.69) is 15.5 Å². The van der Waals surface area contributed by atoms with Crippen LogP contribution in [0.1, 0.15) is 31.7 Å². The zero-order valence-electron chi connectivity index (χ0n) is 15.5. The van der Waals surface area contributed by atoms with Crippen LogP contribution in [0.5, 0.6) is 0 Å². The molecule has 0 spiro atoms. The van der Waals surface area contributed by atoms with Crippen molar-refractivity contribution in [2.75, 3.05) is 11.5 Å². The summed E-state index contributed by atoms with van der Waals surface area (Å²) in [6.45, 7) is 4.54. The quantitative estimate of drug-likeness (QED) is 0.701. The zero-order valence-corrected chi connectivity index (χ0v) is 17.1. The van der Waals surface area contributed by atoms with Gasteiger partial charge in [-0.2, -0.15) is 0 Å². The third-order valence-corrected chi connectivity index (χ3v) is 7.39. The third kappa shape index (κ3) is 5.10. The predicted molar refractivity (Wildman–Crippen MR) is 105 cm³/mol. The molecule has 1 aliphatic heterocycles. The summed E-state index contributed by atoms with van der Waals surface area (Å²) in [6, 6.07) is 9.77. The van der Waals surface area contributed by atoms with Gasteiger partial charge in [-0.05, 0) is 25.8 Å². The van der Waals surface area contributed by atoms with Crippen LogP contribution in [0.2, 0.25) is 0 Å². The second-order valence-corrected chi connectivity index (χ2v) is 10.2. The van der Waals surface area contributed by atoms with Gasteiger partial charge < -0.3 is 9.88 Å². The first-order valence-electron chi connectivity index (χ1n) is 9.01. The summed E-state index contributed by atoms with van der Waals surface area (Å²) in [5.41, 5.74) is 1.16. The molecule has 7 nitrogen and oxygen atoms in total. The van der Waals surface area contributed by atoms with E-state index in [0.717, 1.165) is 11.4 Å². The lowest BCUT2D eigenvalue weighted by Gasteiger charge is -2.15. The third-order valence-electron chi connectivity index (χ3n) is 4.54. The second-order valence-electron chi connectivity index (χ2n) is 6.67. The Balaban J connectivity index is 1.63. The van der Waals surface area contributed by atoms with Gasteiger partial charge in [0.05, 0.1) is 16.8 Å². The number of aromatic nitrogens is 3. The van der Waals surface area contributed by atoms with Crippen LogP contribution >= 0.6 is 11.8 Å². The van der Waals surface area contributed by atoms with Crippen LogP contribution < -0.4 is 5.32 Å². The lowest BCUT2D eigenvalue weighted by molar-refractivity contribution is -0.120. The highest BCUT2D eigenvalue weighted by molar-refractivity contribution is 8.00. The summed E-state index contributed by atoms with van der Waals surface area (Å²) in [5, 5.41) is 11.7. The van der Waals surface area contributed by atoms with E-state index in [-0.39, 0.29) is 28.7 Å². The Hall–Kier alpha value is -1.87. The number of sulfone groups is 1. The molecule has 0 aliphatic carbocycles. The average Bonchev–Trinajstić information content (AvgIpc) is 3.17. The Morgan fingerprint density at radius 1 is 1.33 bits per heavy atom. The number of carbonyl (C=O) groups is 1. The SMILES string of the molecule is CCn1c(Cc2ccccc2)nnc1S[C@H](C)C(=O)N[C@H]1CCS(=O)(=O)C1. The van der Waals surface area contributed by atoms with E-state index in [4.69, 9.17) is 0 Å². The van der Waals surface area contributed by atoms with E-state index < -0.39 is 9.84 Å². The van der Waals surface area contributed by atoms with Crippen LogP contribution in [0, 0.1) is 0 Å². The number of thioether (sulfide) groups is 1. The normalized spacial score (nSPS) is 19.7. The highest BCUT2D eigenvalue weighted by atomic mass is 32.2. The van der Waals surface area contributed by atoms with Gasteiger partial charge >= 0.3 is 0 Å². The summed E-state index contributed by atoms with van der Waals surface area (Å²) in [6.07, 6.45) is 1.17. The number of hydrogen-bond acceptors (Lipinski definition) is 6. The van der Waals surface area contributed by atoms with Crippen molar-refractivity contribution in [2.45, 2.75) is 49.7 Å². The monoisotopic (exact) mass is 408 g/mol. The summed E-state index contributed by atoms with van der Waals surface area (Å²) >= 11 is 1.35. The lowest BCUT2D eigenvalue weighted by atomic mass is 10.1. The molecule has 1 aromatic carbocycles. The number of rotatable bonds is 7. The number of benzene rings is 1. The van der Waals surface area contributed by atoms with Gasteiger partial charge in [0.25, 0.3) is 0 Å². The van der Waals surface area contributed by atoms with Crippen molar-refractivity contribution in [2.24, 2.45) is 0 Å². The molecule has 1 N–H and O–H groups in total. The van der Waals surface area contributed by atoms with E-state index in [1.165, 1.54) is 11.8 Å². The van der Waals surface area contributed by atoms with Gasteiger partial charge in [-0.25, -0.2) is 8.42 Å². The number of nitrogens with zero attached hydrogens (tertiary/aromatic N) is 3. The highest BCUT2D eigenvalue weighted by Gasteiger charge is 2.30. The fourth-order valence-electron chi connectivity index (χ4n) is 3.07. The smallest absolute Gasteiger partial charge is 0.233 e. The van der Waals surface area contributed by atoms with Crippen molar-refractivity contribution in [3.05, 3.63) is 41.7 Å². The van der Waals surface area contributed by atoms with Gasteiger partial charge in [-0.3, -0.25) is 4.79 Å². The minimum absolute atomic E-state index is 0.0303. The van der Waals surface area contributed by atoms with Crippen molar-refractivity contribution in [1.29, 1.82) is 0 Å². The molecular formula is C18H24N4O3S2. The minimum Gasteiger partial charge on any atom is -0.351 e. The van der Waals surface area contributed by atoms with Crippen molar-refractivity contribution in [3.63, 3.8) is 0 Å². The Kier molecular flexibility index (Phi) is 6.21. The largest absolute Gasteiger partial charge is 0.351 e. The first-order valence-corrected chi connectivity index (χ1v) is 11.7. The molecule has 2 heterocycles. The summed E-state index contributed by atoms with van der Waals surface area (Å²) in [7, 11) is -3.01. The van der Waals surface area contributed by atoms with Gasteiger partial charge in [0.15, 0.2) is 15.0 Å². The Bertz CT molecular complexity index is 897. The molecule has 1 aliphatic rings. The summed E-state index contributed by atoms with van der Waals surface area (Å²) in [4.78, 5) is 12.4. The van der Waals surface area contributed by atoms with Gasteiger partial charge in [0, 0.05) is 19.0 Å². The molecular weight excluding hydrogens is 384 g/mol. The molecule has 0 saturated carbocycles. The van der Waals surface area contributed by atoms with Gasteiger partial charge in [-0.1, -0.05) is 42.1 Å². The van der Waals surface area contributed by atoms with E-state index in [1.54, 1.807) is 6.92 Å². The fourth-order valence-corrected chi connectivity index (χ4v) is 5.69. The average molecular weight is 409 g/mol. The molecule has 0 unspecified atom stereocenters. The van der Waals surface area contributed by atoms with Crippen LogP contribution in [0.15, 0.2) is 35.5 Å². The van der Waals surface area contributed by atoms with Gasteiger partial charge in [0.2, 0.25) is 5.91 Å². The van der Waals surface area contributed by atoms with E-state index >= 15 is 0 Å². The summed E-state index contributed by atoms with van der Waals surface area (Å²) < 4.78 is 25.1. The van der Waals surface area contributed by atoms with E-state index in [9.17, 15) is 13.2 Å². The first-order chi connectivity index (χ1) is 12.9. The number of hydrogen-bond donors (Lipinski definition) is 1. The van der Waals surface area contributed by atoms with Crippen LogP contribution in [-0.2, 0) is 27.6 Å². The standard InChI is InChI=1S/C18H24N4O3S2/c1-3-22-16(11-14-7-5-4-6-8-14)20-21-18(22)26-13(2)17(23)19-15-9-10-27(24,25)12-15/h4-8,13,15H,3,9-12H2,1-2H3,(H,19,23)/t13-,15+/m1/s1. The van der Waals surface area contributed by atoms with Gasteiger partial charge in [-0.15, -0.1) is 10.2 Å². The van der Waals surface area contributed by atoms with Crippen molar-refractivity contribution < 1.29 is 13.2 Å². The maximum atomic E-state index is 12.4. The summed E-state index contributed by atoms with van der Waals surface area (Å²) in [5.74, 6) is 0.868. The van der Waals surface area contributed by atoms with Crippen molar-refractivity contribution in [1.82, 2.24) is 20.1 Å². The number of carbonyl (C=O) groups excluding carboxylic acids is 1. The van der Waals surface area contributed by atoms with Crippen molar-refractivity contribution in [3.8, 4) is 0 Å². The van der Waals surface area contributed by atoms with Gasteiger partial charge in [0.1, 0.15) is 5.82 Å². The Labute approximate surface area is 163 Å². The van der Waals surface area contributed by atoms with E-state index in [1.807, 2.05) is 41.8 Å². The van der Waals surface area contributed by atoms with Crippen LogP contribution in [0.4, 0.5) is 0 Å². The molecule has 1 saturated heterocycles. The predicted octanol–water partition coefficient (Wildman–Crippen LogP) is 1.67. The zero-order chi connectivity index (χ0) is 19.4. The second kappa shape index (κ2) is 8.43. The number of amides is 1. The Morgan fingerprint density at radius 3 is 2.70 bits per heavy atom. The molecule has 2 aromatic rings. The lowest BCUT2D eigenvalue weighted by Crippen LogP contribution is -2.40. The van der Waals surface area contributed by atoms with Crippen LogP contribution in [0.25, 0.3) is 0 Å². The topological polar surface area (TPSA) is 93.9 Å². The van der Waals surface area contributed by atoms with Crippen LogP contribution in [-0.4, -0.2) is 51.9 Å². The van der Waals surface area contributed by atoms with Crippen LogP contribution in [0.3, 0.4) is 0 Å². The highest BCUT2D eigenvalue weighted by Crippen LogP contribution is 2.24. The molecule has 1 amide bonds. The number of nitrogens with one attached hydrogen (secondary N) is 1. The fraction of sp³-hybridized carbons (Fsp3) is 0.500.